The number of phenols is 1. The van der Waals surface area contributed by atoms with Gasteiger partial charge in [0.2, 0.25) is 0 Å². The lowest BCUT2D eigenvalue weighted by Gasteiger charge is -2.28. The standard InChI is InChI=1S/C21H31ClO5/c1-13(12-26-19(22)25)27-17(23)9-8-14-10-15(20(2,3)4)18(24)16(11-14)21(5,6)7/h10-11,13,24H,8-9,12H2,1-7H3. The molecule has 0 amide bonds. The van der Waals surface area contributed by atoms with E-state index < -0.39 is 11.5 Å². The number of phenolic OH excluding ortho intramolecular Hbond substituents is 1. The third-order valence-corrected chi connectivity index (χ3v) is 4.28. The van der Waals surface area contributed by atoms with E-state index in [1.54, 1.807) is 6.92 Å². The number of hydrogen-bond acceptors (Lipinski definition) is 5. The van der Waals surface area contributed by atoms with Crippen LogP contribution in [0.1, 0.15) is 71.6 Å². The van der Waals surface area contributed by atoms with Gasteiger partial charge in [-0.15, -0.1) is 0 Å². The molecule has 1 aromatic rings. The maximum Gasteiger partial charge on any atom is 0.403 e. The van der Waals surface area contributed by atoms with E-state index >= 15 is 0 Å². The van der Waals surface area contributed by atoms with Crippen LogP contribution in [0.2, 0.25) is 0 Å². The molecule has 1 rings (SSSR count). The predicted molar refractivity (Wildman–Crippen MR) is 107 cm³/mol. The summed E-state index contributed by atoms with van der Waals surface area (Å²) in [6.45, 7) is 13.8. The highest BCUT2D eigenvalue weighted by molar-refractivity contribution is 6.61. The normalized spacial score (nSPS) is 13.2. The molecule has 5 nitrogen and oxygen atoms in total. The van der Waals surface area contributed by atoms with E-state index in [1.807, 2.05) is 53.7 Å². The molecule has 0 aliphatic carbocycles. The van der Waals surface area contributed by atoms with Crippen LogP contribution in [0.15, 0.2) is 12.1 Å². The SMILES string of the molecule is CC(COC(=O)Cl)OC(=O)CCc1cc(C(C)(C)C)c(O)c(C(C)(C)C)c1. The van der Waals surface area contributed by atoms with Crippen LogP contribution >= 0.6 is 11.6 Å². The molecule has 0 aromatic heterocycles. The minimum absolute atomic E-state index is 0.0738. The lowest BCUT2D eigenvalue weighted by atomic mass is 9.78. The number of aryl methyl sites for hydroxylation is 1. The van der Waals surface area contributed by atoms with E-state index in [1.165, 1.54) is 0 Å². The molecule has 27 heavy (non-hydrogen) atoms. The molecule has 152 valence electrons. The third kappa shape index (κ3) is 7.41. The Bertz CT molecular complexity index is 648. The van der Waals surface area contributed by atoms with E-state index in [0.29, 0.717) is 12.2 Å². The number of esters is 1. The van der Waals surface area contributed by atoms with Crippen molar-refractivity contribution >= 4 is 23.0 Å². The summed E-state index contributed by atoms with van der Waals surface area (Å²) < 4.78 is 9.83. The number of ether oxygens (including phenoxy) is 2. The van der Waals surface area contributed by atoms with E-state index in [2.05, 4.69) is 4.74 Å². The third-order valence-electron chi connectivity index (χ3n) is 4.17. The Hall–Kier alpha value is -1.75. The highest BCUT2D eigenvalue weighted by Gasteiger charge is 2.26. The Morgan fingerprint density at radius 3 is 1.96 bits per heavy atom. The Labute approximate surface area is 167 Å². The monoisotopic (exact) mass is 398 g/mol. The zero-order valence-corrected chi connectivity index (χ0v) is 18.1. The zero-order valence-electron chi connectivity index (χ0n) is 17.3. The zero-order chi connectivity index (χ0) is 21.0. The van der Waals surface area contributed by atoms with Crippen LogP contribution in [-0.2, 0) is 31.5 Å². The van der Waals surface area contributed by atoms with Crippen LogP contribution < -0.4 is 0 Å². The maximum atomic E-state index is 12.1. The van der Waals surface area contributed by atoms with Crippen molar-refractivity contribution in [2.45, 2.75) is 78.2 Å². The quantitative estimate of drug-likeness (QED) is 0.524. The first-order chi connectivity index (χ1) is 12.2. The molecule has 0 saturated heterocycles. The molecular formula is C21H31ClO5. The second kappa shape index (κ2) is 8.96. The van der Waals surface area contributed by atoms with Gasteiger partial charge in [-0.2, -0.15) is 0 Å². The number of hydrogen-bond donors (Lipinski definition) is 1. The van der Waals surface area contributed by atoms with Gasteiger partial charge < -0.3 is 14.6 Å². The van der Waals surface area contributed by atoms with Crippen molar-refractivity contribution in [3.63, 3.8) is 0 Å². The van der Waals surface area contributed by atoms with Crippen LogP contribution in [0.4, 0.5) is 4.79 Å². The van der Waals surface area contributed by atoms with Gasteiger partial charge in [0.1, 0.15) is 18.5 Å². The van der Waals surface area contributed by atoms with E-state index in [0.717, 1.165) is 16.7 Å². The Morgan fingerprint density at radius 1 is 1.07 bits per heavy atom. The van der Waals surface area contributed by atoms with Gasteiger partial charge in [-0.1, -0.05) is 53.7 Å². The second-order valence-corrected chi connectivity index (χ2v) is 9.20. The molecule has 6 heteroatoms. The van der Waals surface area contributed by atoms with Crippen LogP contribution in [0.25, 0.3) is 0 Å². The molecule has 0 heterocycles. The van der Waals surface area contributed by atoms with Crippen molar-refractivity contribution in [2.75, 3.05) is 6.61 Å². The summed E-state index contributed by atoms with van der Waals surface area (Å²) in [7, 11) is 0. The van der Waals surface area contributed by atoms with E-state index in [9.17, 15) is 14.7 Å². The number of halogens is 1. The summed E-state index contributed by atoms with van der Waals surface area (Å²) in [6.07, 6.45) is 0.125. The maximum absolute atomic E-state index is 12.1. The van der Waals surface area contributed by atoms with Crippen molar-refractivity contribution in [2.24, 2.45) is 0 Å². The summed E-state index contributed by atoms with van der Waals surface area (Å²) in [5.74, 6) is -0.0614. The van der Waals surface area contributed by atoms with Gasteiger partial charge in [-0.05, 0) is 40.9 Å². The van der Waals surface area contributed by atoms with Gasteiger partial charge in [-0.25, -0.2) is 4.79 Å². The average Bonchev–Trinajstić information content (AvgIpc) is 2.49. The minimum atomic E-state index is -0.925. The average molecular weight is 399 g/mol. The number of rotatable bonds is 6. The largest absolute Gasteiger partial charge is 0.507 e. The second-order valence-electron chi connectivity index (χ2n) is 8.89. The van der Waals surface area contributed by atoms with Gasteiger partial charge in [-0.3, -0.25) is 4.79 Å². The molecule has 0 aliphatic heterocycles. The smallest absolute Gasteiger partial charge is 0.403 e. The molecular weight excluding hydrogens is 368 g/mol. The van der Waals surface area contributed by atoms with E-state index in [-0.39, 0.29) is 29.8 Å². The topological polar surface area (TPSA) is 72.8 Å². The molecule has 0 saturated carbocycles. The number of aromatic hydroxyl groups is 1. The molecule has 0 aliphatic rings. The first kappa shape index (κ1) is 23.3. The van der Waals surface area contributed by atoms with E-state index in [4.69, 9.17) is 16.3 Å². The van der Waals surface area contributed by atoms with Gasteiger partial charge in [0.05, 0.1) is 0 Å². The summed E-state index contributed by atoms with van der Waals surface area (Å²) >= 11 is 5.09. The van der Waals surface area contributed by atoms with Crippen molar-refractivity contribution in [1.29, 1.82) is 0 Å². The molecule has 0 radical (unpaired) electrons. The molecule has 0 fully saturated rings. The van der Waals surface area contributed by atoms with Gasteiger partial charge in [0.25, 0.3) is 0 Å². The highest BCUT2D eigenvalue weighted by Crippen LogP contribution is 2.39. The fourth-order valence-electron chi connectivity index (χ4n) is 2.73. The molecule has 0 spiro atoms. The van der Waals surface area contributed by atoms with Crippen molar-refractivity contribution in [3.8, 4) is 5.75 Å². The van der Waals surface area contributed by atoms with Crippen molar-refractivity contribution in [1.82, 2.24) is 0 Å². The lowest BCUT2D eigenvalue weighted by Crippen LogP contribution is -2.21. The molecule has 1 aromatic carbocycles. The fourth-order valence-corrected chi connectivity index (χ4v) is 2.79. The lowest BCUT2D eigenvalue weighted by molar-refractivity contribution is -0.149. The Balaban J connectivity index is 2.91. The van der Waals surface area contributed by atoms with Crippen LogP contribution in [0, 0.1) is 0 Å². The van der Waals surface area contributed by atoms with Gasteiger partial charge in [0.15, 0.2) is 0 Å². The first-order valence-electron chi connectivity index (χ1n) is 9.10. The van der Waals surface area contributed by atoms with Gasteiger partial charge >= 0.3 is 11.4 Å². The molecule has 1 unspecified atom stereocenters. The fraction of sp³-hybridized carbons (Fsp3) is 0.619. The summed E-state index contributed by atoms with van der Waals surface area (Å²) in [5.41, 5.74) is 1.33. The summed E-state index contributed by atoms with van der Waals surface area (Å²) in [5, 5.41) is 10.7. The minimum Gasteiger partial charge on any atom is -0.507 e. The van der Waals surface area contributed by atoms with Crippen LogP contribution in [-0.4, -0.2) is 29.2 Å². The molecule has 1 N–H and O–H groups in total. The number of carbonyl (C=O) groups is 2. The molecule has 1 atom stereocenters. The van der Waals surface area contributed by atoms with Crippen LogP contribution in [0.3, 0.4) is 0 Å². The molecule has 0 bridgehead atoms. The van der Waals surface area contributed by atoms with Gasteiger partial charge in [0, 0.05) is 18.0 Å². The summed E-state index contributed by atoms with van der Waals surface area (Å²) in [6, 6.07) is 3.91. The summed E-state index contributed by atoms with van der Waals surface area (Å²) in [4.78, 5) is 22.6. The Morgan fingerprint density at radius 2 is 1.56 bits per heavy atom. The first-order valence-corrected chi connectivity index (χ1v) is 9.48. The highest BCUT2D eigenvalue weighted by atomic mass is 35.5. The number of benzene rings is 1. The van der Waals surface area contributed by atoms with Crippen molar-refractivity contribution in [3.05, 3.63) is 28.8 Å². The predicted octanol–water partition coefficient (Wildman–Crippen LogP) is 5.23. The Kier molecular flexibility index (Phi) is 7.73. The number of carbonyl (C=O) groups excluding carboxylic acids is 2. The van der Waals surface area contributed by atoms with Crippen molar-refractivity contribution < 1.29 is 24.2 Å². The van der Waals surface area contributed by atoms with Crippen LogP contribution in [0.5, 0.6) is 5.75 Å².